The van der Waals surface area contributed by atoms with Crippen LogP contribution in [0.25, 0.3) is 64.7 Å². The van der Waals surface area contributed by atoms with Gasteiger partial charge in [0.15, 0.2) is 0 Å². The van der Waals surface area contributed by atoms with E-state index < -0.39 is 5.41 Å². The third kappa shape index (κ3) is 5.26. The first-order chi connectivity index (χ1) is 29.8. The Morgan fingerprint density at radius 2 is 0.950 bits per heavy atom. The average molecular weight is 784 g/mol. The summed E-state index contributed by atoms with van der Waals surface area (Å²) in [7, 11) is 0. The first-order valence-electron chi connectivity index (χ1n) is 20.5. The first kappa shape index (κ1) is 34.6. The molecule has 0 bridgehead atoms. The first-order valence-corrected chi connectivity index (χ1v) is 21.3. The molecular formula is C57H37NOS. The standard InChI is InChI=1S/C57H37NOS/c1-4-15-38(16-5-1)39-27-31-43(32-28-39)58(45-35-36-48-47-21-10-12-25-51(47)59-52(48)37-45)44-33-29-40(30-34-44)46-23-14-24-50-54(46)56-55(49-22-11-13-26-53(49)60-56)57(50,41-17-6-2-7-18-41)42-19-8-3-9-20-42/h1-37H. The lowest BCUT2D eigenvalue weighted by Crippen LogP contribution is -2.28. The van der Waals surface area contributed by atoms with E-state index >= 15 is 0 Å². The summed E-state index contributed by atoms with van der Waals surface area (Å²) in [6.45, 7) is 0. The molecule has 9 aromatic carbocycles. The van der Waals surface area contributed by atoms with Gasteiger partial charge in [0.2, 0.25) is 0 Å². The SMILES string of the molecule is c1ccc(-c2ccc(N(c3ccc(-c4cccc5c4-c4sc6ccccc6c4C5(c4ccccc4)c4ccccc4)cc3)c3ccc4c(c3)oc3ccccc34)cc2)cc1. The summed E-state index contributed by atoms with van der Waals surface area (Å²) < 4.78 is 7.73. The molecule has 60 heavy (non-hydrogen) atoms. The van der Waals surface area contributed by atoms with Crippen molar-refractivity contribution < 1.29 is 4.42 Å². The molecule has 12 rings (SSSR count). The molecular weight excluding hydrogens is 747 g/mol. The highest BCUT2D eigenvalue weighted by Crippen LogP contribution is 2.62. The van der Waals surface area contributed by atoms with Crippen LogP contribution in [-0.2, 0) is 5.41 Å². The fraction of sp³-hybridized carbons (Fsp3) is 0.0175. The van der Waals surface area contributed by atoms with Gasteiger partial charge in [0, 0.05) is 49.0 Å². The van der Waals surface area contributed by atoms with E-state index in [1.165, 1.54) is 65.0 Å². The third-order valence-corrected chi connectivity index (χ3v) is 13.6. The molecule has 11 aromatic rings. The summed E-state index contributed by atoms with van der Waals surface area (Å²) in [6.07, 6.45) is 0. The van der Waals surface area contributed by atoms with Crippen LogP contribution in [0.1, 0.15) is 22.3 Å². The topological polar surface area (TPSA) is 16.4 Å². The van der Waals surface area contributed by atoms with Crippen molar-refractivity contribution in [1.29, 1.82) is 0 Å². The summed E-state index contributed by atoms with van der Waals surface area (Å²) in [5, 5.41) is 3.56. The van der Waals surface area contributed by atoms with Crippen molar-refractivity contribution in [3.05, 3.63) is 247 Å². The highest BCUT2D eigenvalue weighted by Gasteiger charge is 2.49. The lowest BCUT2D eigenvalue weighted by Gasteiger charge is -2.34. The molecule has 0 saturated heterocycles. The van der Waals surface area contributed by atoms with Crippen molar-refractivity contribution in [2.45, 2.75) is 5.41 Å². The lowest BCUT2D eigenvalue weighted by atomic mass is 9.67. The number of thiophene rings is 1. The Morgan fingerprint density at radius 3 is 1.65 bits per heavy atom. The maximum Gasteiger partial charge on any atom is 0.137 e. The van der Waals surface area contributed by atoms with Gasteiger partial charge in [-0.25, -0.2) is 0 Å². The van der Waals surface area contributed by atoms with Crippen molar-refractivity contribution in [3.63, 3.8) is 0 Å². The zero-order valence-corrected chi connectivity index (χ0v) is 33.4. The maximum absolute atomic E-state index is 6.42. The van der Waals surface area contributed by atoms with Crippen LogP contribution in [0.15, 0.2) is 229 Å². The van der Waals surface area contributed by atoms with Gasteiger partial charge >= 0.3 is 0 Å². The Bertz CT molecular complexity index is 3310. The molecule has 1 aliphatic carbocycles. The van der Waals surface area contributed by atoms with Crippen LogP contribution in [0.2, 0.25) is 0 Å². The van der Waals surface area contributed by atoms with Crippen molar-refractivity contribution in [2.75, 3.05) is 4.90 Å². The van der Waals surface area contributed by atoms with E-state index in [4.69, 9.17) is 4.42 Å². The van der Waals surface area contributed by atoms with Crippen LogP contribution < -0.4 is 4.90 Å². The number of anilines is 3. The van der Waals surface area contributed by atoms with Gasteiger partial charge in [-0.15, -0.1) is 11.3 Å². The molecule has 2 nitrogen and oxygen atoms in total. The minimum atomic E-state index is -0.471. The highest BCUT2D eigenvalue weighted by molar-refractivity contribution is 7.22. The number of fused-ring (bicyclic) bond motifs is 8. The van der Waals surface area contributed by atoms with E-state index in [1.54, 1.807) is 0 Å². The van der Waals surface area contributed by atoms with Crippen molar-refractivity contribution in [3.8, 4) is 32.7 Å². The van der Waals surface area contributed by atoms with Crippen LogP contribution in [-0.4, -0.2) is 0 Å². The van der Waals surface area contributed by atoms with E-state index in [0.717, 1.165) is 39.0 Å². The number of benzene rings is 9. The Labute approximate surface area is 352 Å². The Hall–Kier alpha value is -7.46. The van der Waals surface area contributed by atoms with Gasteiger partial charge in [0.25, 0.3) is 0 Å². The number of hydrogen-bond donors (Lipinski definition) is 0. The summed E-state index contributed by atoms with van der Waals surface area (Å²) >= 11 is 1.92. The van der Waals surface area contributed by atoms with E-state index in [1.807, 2.05) is 23.5 Å². The lowest BCUT2D eigenvalue weighted by molar-refractivity contribution is 0.669. The molecule has 3 heteroatoms. The second kappa shape index (κ2) is 13.8. The second-order valence-electron chi connectivity index (χ2n) is 15.6. The molecule has 0 saturated carbocycles. The normalized spacial score (nSPS) is 12.8. The van der Waals surface area contributed by atoms with E-state index in [9.17, 15) is 0 Å². The fourth-order valence-electron chi connectivity index (χ4n) is 9.75. The van der Waals surface area contributed by atoms with Gasteiger partial charge < -0.3 is 9.32 Å². The van der Waals surface area contributed by atoms with Crippen molar-refractivity contribution in [2.24, 2.45) is 0 Å². The average Bonchev–Trinajstić information content (AvgIpc) is 3.98. The van der Waals surface area contributed by atoms with E-state index in [-0.39, 0.29) is 0 Å². The molecule has 2 heterocycles. The molecule has 0 radical (unpaired) electrons. The highest BCUT2D eigenvalue weighted by atomic mass is 32.1. The molecule has 0 fully saturated rings. The molecule has 2 aromatic heterocycles. The van der Waals surface area contributed by atoms with Crippen molar-refractivity contribution >= 4 is 60.4 Å². The zero-order valence-electron chi connectivity index (χ0n) is 32.6. The van der Waals surface area contributed by atoms with Crippen LogP contribution in [0.4, 0.5) is 17.1 Å². The van der Waals surface area contributed by atoms with E-state index in [2.05, 4.69) is 217 Å². The Morgan fingerprint density at radius 1 is 0.400 bits per heavy atom. The summed E-state index contributed by atoms with van der Waals surface area (Å²) in [5.41, 5.74) is 15.9. The maximum atomic E-state index is 6.42. The number of nitrogens with zero attached hydrogens (tertiary/aromatic N) is 1. The zero-order chi connectivity index (χ0) is 39.6. The predicted molar refractivity (Wildman–Crippen MR) is 252 cm³/mol. The van der Waals surface area contributed by atoms with Gasteiger partial charge in [0.05, 0.1) is 5.41 Å². The van der Waals surface area contributed by atoms with Crippen molar-refractivity contribution in [1.82, 2.24) is 0 Å². The fourth-order valence-corrected chi connectivity index (χ4v) is 11.1. The third-order valence-electron chi connectivity index (χ3n) is 12.4. The van der Waals surface area contributed by atoms with Crippen LogP contribution in [0, 0.1) is 0 Å². The minimum absolute atomic E-state index is 0.471. The second-order valence-corrected chi connectivity index (χ2v) is 16.6. The number of hydrogen-bond acceptors (Lipinski definition) is 3. The molecule has 0 atom stereocenters. The van der Waals surface area contributed by atoms with Crippen LogP contribution >= 0.6 is 11.3 Å². The summed E-state index contributed by atoms with van der Waals surface area (Å²) in [6, 6.07) is 81.5. The molecule has 0 unspecified atom stereocenters. The number of rotatable bonds is 7. The van der Waals surface area contributed by atoms with Gasteiger partial charge in [-0.3, -0.25) is 0 Å². The minimum Gasteiger partial charge on any atom is -0.456 e. The molecule has 282 valence electrons. The Kier molecular flexibility index (Phi) is 7.97. The smallest absolute Gasteiger partial charge is 0.137 e. The van der Waals surface area contributed by atoms with E-state index in [0.29, 0.717) is 0 Å². The van der Waals surface area contributed by atoms with Gasteiger partial charge in [-0.05, 0) is 98.4 Å². The van der Waals surface area contributed by atoms with Gasteiger partial charge in [-0.1, -0.05) is 170 Å². The van der Waals surface area contributed by atoms with Crippen LogP contribution in [0.3, 0.4) is 0 Å². The molecule has 0 N–H and O–H groups in total. The van der Waals surface area contributed by atoms with Gasteiger partial charge in [-0.2, -0.15) is 0 Å². The molecule has 1 aliphatic rings. The quantitative estimate of drug-likeness (QED) is 0.160. The van der Waals surface area contributed by atoms with Gasteiger partial charge in [0.1, 0.15) is 11.2 Å². The Balaban J connectivity index is 1.03. The predicted octanol–water partition coefficient (Wildman–Crippen LogP) is 16.0. The monoisotopic (exact) mass is 783 g/mol. The molecule has 0 spiro atoms. The number of furan rings is 1. The summed E-state index contributed by atoms with van der Waals surface area (Å²) in [4.78, 5) is 3.68. The number of para-hydroxylation sites is 1. The largest absolute Gasteiger partial charge is 0.456 e. The molecule has 0 aliphatic heterocycles. The summed E-state index contributed by atoms with van der Waals surface area (Å²) in [5.74, 6) is 0. The molecule has 0 amide bonds. The van der Waals surface area contributed by atoms with Crippen LogP contribution in [0.5, 0.6) is 0 Å².